The maximum atomic E-state index is 12.3. The summed E-state index contributed by atoms with van der Waals surface area (Å²) in [5.41, 5.74) is 0.775. The lowest BCUT2D eigenvalue weighted by atomic mass is 10.0. The van der Waals surface area contributed by atoms with Gasteiger partial charge < -0.3 is 5.32 Å². The van der Waals surface area contributed by atoms with Gasteiger partial charge in [0.2, 0.25) is 5.91 Å². The summed E-state index contributed by atoms with van der Waals surface area (Å²) in [7, 11) is 0. The standard InChI is InChI=1S/C16H22N2O2S/c1-12(19)17-14-7-9-18(10-8-14)11-16(20)13-3-5-15(21-2)6-4-13/h3-6,14H,7-11H2,1-2H3,(H,17,19). The molecule has 4 nitrogen and oxygen atoms in total. The predicted molar refractivity (Wildman–Crippen MR) is 85.8 cm³/mol. The summed E-state index contributed by atoms with van der Waals surface area (Å²) in [6, 6.07) is 8.04. The number of likely N-dealkylation sites (tertiary alicyclic amines) is 1. The highest BCUT2D eigenvalue weighted by Gasteiger charge is 2.21. The smallest absolute Gasteiger partial charge is 0.217 e. The zero-order chi connectivity index (χ0) is 15.2. The zero-order valence-corrected chi connectivity index (χ0v) is 13.4. The second-order valence-electron chi connectivity index (χ2n) is 5.40. The van der Waals surface area contributed by atoms with E-state index in [0.717, 1.165) is 31.5 Å². The van der Waals surface area contributed by atoms with Crippen LogP contribution in [0.25, 0.3) is 0 Å². The minimum absolute atomic E-state index is 0.0263. The Labute approximate surface area is 130 Å². The number of nitrogens with one attached hydrogen (secondary N) is 1. The van der Waals surface area contributed by atoms with Gasteiger partial charge in [-0.3, -0.25) is 14.5 Å². The first-order valence-corrected chi connectivity index (χ1v) is 8.47. The molecule has 114 valence electrons. The maximum absolute atomic E-state index is 12.3. The molecule has 0 radical (unpaired) electrons. The number of carbonyl (C=O) groups is 2. The van der Waals surface area contributed by atoms with Gasteiger partial charge in [0.05, 0.1) is 6.54 Å². The van der Waals surface area contributed by atoms with Crippen LogP contribution in [0.1, 0.15) is 30.1 Å². The third kappa shape index (κ3) is 4.86. The number of carbonyl (C=O) groups excluding carboxylic acids is 2. The highest BCUT2D eigenvalue weighted by atomic mass is 32.2. The van der Waals surface area contributed by atoms with Crippen molar-refractivity contribution in [1.82, 2.24) is 10.2 Å². The molecule has 1 aromatic rings. The maximum Gasteiger partial charge on any atom is 0.217 e. The van der Waals surface area contributed by atoms with E-state index in [0.29, 0.717) is 6.54 Å². The first kappa shape index (κ1) is 16.0. The fourth-order valence-corrected chi connectivity index (χ4v) is 3.00. The Bertz CT molecular complexity index is 494. The molecule has 0 unspecified atom stereocenters. The summed E-state index contributed by atoms with van der Waals surface area (Å²) >= 11 is 1.67. The molecule has 5 heteroatoms. The second kappa shape index (κ2) is 7.61. The summed E-state index contributed by atoms with van der Waals surface area (Å²) in [6.07, 6.45) is 3.85. The van der Waals surface area contributed by atoms with Crippen LogP contribution < -0.4 is 5.32 Å². The van der Waals surface area contributed by atoms with Crippen molar-refractivity contribution in [2.75, 3.05) is 25.9 Å². The van der Waals surface area contributed by atoms with Crippen LogP contribution in [0.15, 0.2) is 29.2 Å². The number of rotatable bonds is 5. The fraction of sp³-hybridized carbons (Fsp3) is 0.500. The van der Waals surface area contributed by atoms with Crippen LogP contribution in [0.4, 0.5) is 0 Å². The number of hydrogen-bond acceptors (Lipinski definition) is 4. The van der Waals surface area contributed by atoms with Crippen molar-refractivity contribution >= 4 is 23.5 Å². The number of thioether (sulfide) groups is 1. The Balaban J connectivity index is 1.82. The molecular formula is C16H22N2O2S. The van der Waals surface area contributed by atoms with Gasteiger partial charge in [0.1, 0.15) is 0 Å². The molecule has 21 heavy (non-hydrogen) atoms. The van der Waals surface area contributed by atoms with E-state index in [-0.39, 0.29) is 17.7 Å². The van der Waals surface area contributed by atoms with E-state index in [1.54, 1.807) is 18.7 Å². The molecule has 0 saturated carbocycles. The van der Waals surface area contributed by atoms with Crippen LogP contribution >= 0.6 is 11.8 Å². The van der Waals surface area contributed by atoms with E-state index in [4.69, 9.17) is 0 Å². The van der Waals surface area contributed by atoms with Crippen molar-refractivity contribution in [3.05, 3.63) is 29.8 Å². The first-order valence-electron chi connectivity index (χ1n) is 7.25. The Morgan fingerprint density at radius 3 is 2.38 bits per heavy atom. The SMILES string of the molecule is CSc1ccc(C(=O)CN2CCC(NC(C)=O)CC2)cc1. The summed E-state index contributed by atoms with van der Waals surface area (Å²) < 4.78 is 0. The van der Waals surface area contributed by atoms with Gasteiger partial charge in [0.15, 0.2) is 5.78 Å². The lowest BCUT2D eigenvalue weighted by Gasteiger charge is -2.31. The largest absolute Gasteiger partial charge is 0.354 e. The van der Waals surface area contributed by atoms with Gasteiger partial charge in [-0.1, -0.05) is 12.1 Å². The molecule has 0 aromatic heterocycles. The molecule has 1 aromatic carbocycles. The molecule has 1 fully saturated rings. The van der Waals surface area contributed by atoms with Gasteiger partial charge in [0, 0.05) is 36.5 Å². The highest BCUT2D eigenvalue weighted by molar-refractivity contribution is 7.98. The number of ketones is 1. The molecule has 1 amide bonds. The molecule has 0 bridgehead atoms. The van der Waals surface area contributed by atoms with Gasteiger partial charge in [-0.15, -0.1) is 11.8 Å². The van der Waals surface area contributed by atoms with Crippen molar-refractivity contribution < 1.29 is 9.59 Å². The number of hydrogen-bond donors (Lipinski definition) is 1. The normalized spacial score (nSPS) is 16.7. The van der Waals surface area contributed by atoms with Crippen molar-refractivity contribution in [1.29, 1.82) is 0 Å². The summed E-state index contributed by atoms with van der Waals surface area (Å²) in [6.45, 7) is 3.73. The number of benzene rings is 1. The van der Waals surface area contributed by atoms with E-state index in [2.05, 4.69) is 10.2 Å². The molecule has 1 N–H and O–H groups in total. The van der Waals surface area contributed by atoms with Crippen LogP contribution in [0.3, 0.4) is 0 Å². The Hall–Kier alpha value is -1.33. The minimum atomic E-state index is 0.0263. The van der Waals surface area contributed by atoms with E-state index < -0.39 is 0 Å². The van der Waals surface area contributed by atoms with E-state index >= 15 is 0 Å². The predicted octanol–water partition coefficient (Wildman–Crippen LogP) is 2.19. The lowest BCUT2D eigenvalue weighted by Crippen LogP contribution is -2.45. The van der Waals surface area contributed by atoms with Crippen LogP contribution in [0.5, 0.6) is 0 Å². The highest BCUT2D eigenvalue weighted by Crippen LogP contribution is 2.16. The molecule has 0 spiro atoms. The van der Waals surface area contributed by atoms with Crippen LogP contribution in [0, 0.1) is 0 Å². The van der Waals surface area contributed by atoms with Gasteiger partial charge in [0.25, 0.3) is 0 Å². The molecule has 1 heterocycles. The Morgan fingerprint density at radius 2 is 1.86 bits per heavy atom. The fourth-order valence-electron chi connectivity index (χ4n) is 2.59. The monoisotopic (exact) mass is 306 g/mol. The van der Waals surface area contributed by atoms with Crippen LogP contribution in [-0.4, -0.2) is 48.5 Å². The Morgan fingerprint density at radius 1 is 1.24 bits per heavy atom. The van der Waals surface area contributed by atoms with Crippen LogP contribution in [-0.2, 0) is 4.79 Å². The minimum Gasteiger partial charge on any atom is -0.354 e. The van der Waals surface area contributed by atoms with Crippen molar-refractivity contribution in [2.45, 2.75) is 30.7 Å². The van der Waals surface area contributed by atoms with Gasteiger partial charge in [-0.25, -0.2) is 0 Å². The van der Waals surface area contributed by atoms with Crippen molar-refractivity contribution in [2.24, 2.45) is 0 Å². The topological polar surface area (TPSA) is 49.4 Å². The average Bonchev–Trinajstić information content (AvgIpc) is 2.49. The van der Waals surface area contributed by atoms with Gasteiger partial charge in [-0.2, -0.15) is 0 Å². The van der Waals surface area contributed by atoms with Gasteiger partial charge >= 0.3 is 0 Å². The van der Waals surface area contributed by atoms with Crippen LogP contribution in [0.2, 0.25) is 0 Å². The van der Waals surface area contributed by atoms with Crippen molar-refractivity contribution in [3.63, 3.8) is 0 Å². The molecule has 0 aliphatic carbocycles. The molecular weight excluding hydrogens is 284 g/mol. The number of amides is 1. The molecule has 1 saturated heterocycles. The second-order valence-corrected chi connectivity index (χ2v) is 6.28. The first-order chi connectivity index (χ1) is 10.1. The number of nitrogens with zero attached hydrogens (tertiary/aromatic N) is 1. The lowest BCUT2D eigenvalue weighted by molar-refractivity contribution is -0.119. The quantitative estimate of drug-likeness (QED) is 0.669. The molecule has 1 aliphatic rings. The molecule has 0 atom stereocenters. The van der Waals surface area contributed by atoms with Gasteiger partial charge in [-0.05, 0) is 31.2 Å². The average molecular weight is 306 g/mol. The summed E-state index contributed by atoms with van der Waals surface area (Å²) in [4.78, 5) is 26.6. The zero-order valence-electron chi connectivity index (χ0n) is 12.6. The molecule has 1 aliphatic heterocycles. The third-order valence-corrected chi connectivity index (χ3v) is 4.52. The number of piperidine rings is 1. The number of Topliss-reactive ketones (excluding diaryl/α,β-unsaturated/α-hetero) is 1. The third-order valence-electron chi connectivity index (χ3n) is 3.77. The Kier molecular flexibility index (Phi) is 5.82. The summed E-state index contributed by atoms with van der Waals surface area (Å²) in [5.74, 6) is 0.194. The van der Waals surface area contributed by atoms with E-state index in [9.17, 15) is 9.59 Å². The molecule has 2 rings (SSSR count). The van der Waals surface area contributed by atoms with E-state index in [1.807, 2.05) is 30.5 Å². The summed E-state index contributed by atoms with van der Waals surface area (Å²) in [5, 5.41) is 2.95. The van der Waals surface area contributed by atoms with Crippen molar-refractivity contribution in [3.8, 4) is 0 Å². The van der Waals surface area contributed by atoms with E-state index in [1.165, 1.54) is 4.90 Å².